The number of rotatable bonds is 2. The number of aliphatic hydroxyl groups excluding tert-OH is 1. The summed E-state index contributed by atoms with van der Waals surface area (Å²) in [6.45, 7) is 1.71. The molecule has 0 amide bonds. The van der Waals surface area contributed by atoms with Crippen molar-refractivity contribution < 1.29 is 9.50 Å². The molecule has 1 N–H and O–H groups in total. The van der Waals surface area contributed by atoms with E-state index < -0.39 is 11.9 Å². The van der Waals surface area contributed by atoms with Gasteiger partial charge in [-0.25, -0.2) is 4.39 Å². The average molecular weight is 338 g/mol. The molecular formula is C10H7BrClFN2OS. The van der Waals surface area contributed by atoms with Gasteiger partial charge in [0.2, 0.25) is 0 Å². The zero-order chi connectivity index (χ0) is 12.6. The quantitative estimate of drug-likeness (QED) is 0.853. The van der Waals surface area contributed by atoms with Gasteiger partial charge in [-0.1, -0.05) is 22.2 Å². The number of benzene rings is 1. The van der Waals surface area contributed by atoms with Crippen LogP contribution in [0.3, 0.4) is 0 Å². The van der Waals surface area contributed by atoms with Crippen molar-refractivity contribution in [3.05, 3.63) is 43.6 Å². The number of halogens is 3. The second-order valence-electron chi connectivity index (χ2n) is 3.39. The van der Waals surface area contributed by atoms with Gasteiger partial charge >= 0.3 is 0 Å². The monoisotopic (exact) mass is 336 g/mol. The standard InChI is InChI=1S/C10H7BrClFN2OS/c1-4-10(17-15-14-4)9(16)5-2-3-6(11)7(12)8(5)13/h2-3,9,16H,1H3. The molecule has 90 valence electrons. The van der Waals surface area contributed by atoms with E-state index in [9.17, 15) is 9.50 Å². The molecular weight excluding hydrogens is 331 g/mol. The van der Waals surface area contributed by atoms with Gasteiger partial charge in [-0.05, 0) is 40.5 Å². The van der Waals surface area contributed by atoms with E-state index in [1.165, 1.54) is 6.07 Å². The van der Waals surface area contributed by atoms with E-state index >= 15 is 0 Å². The van der Waals surface area contributed by atoms with E-state index in [2.05, 4.69) is 25.5 Å². The molecule has 0 aliphatic carbocycles. The van der Waals surface area contributed by atoms with Gasteiger partial charge in [0, 0.05) is 10.0 Å². The van der Waals surface area contributed by atoms with Gasteiger partial charge in [-0.2, -0.15) is 0 Å². The lowest BCUT2D eigenvalue weighted by molar-refractivity contribution is 0.218. The number of aryl methyl sites for hydroxylation is 1. The van der Waals surface area contributed by atoms with Crippen LogP contribution in [0.1, 0.15) is 22.2 Å². The zero-order valence-electron chi connectivity index (χ0n) is 8.62. The Hall–Kier alpha value is -0.560. The number of hydrogen-bond acceptors (Lipinski definition) is 4. The van der Waals surface area contributed by atoms with Crippen LogP contribution in [0.25, 0.3) is 0 Å². The second-order valence-corrected chi connectivity index (χ2v) is 5.41. The third-order valence-electron chi connectivity index (χ3n) is 2.29. The fraction of sp³-hybridized carbons (Fsp3) is 0.200. The minimum Gasteiger partial charge on any atom is -0.383 e. The lowest BCUT2D eigenvalue weighted by Crippen LogP contribution is -2.03. The van der Waals surface area contributed by atoms with Crippen LogP contribution in [0.5, 0.6) is 0 Å². The molecule has 1 heterocycles. The van der Waals surface area contributed by atoms with Gasteiger partial charge in [0.1, 0.15) is 11.9 Å². The normalized spacial score (nSPS) is 12.8. The molecule has 2 aromatic rings. The highest BCUT2D eigenvalue weighted by Gasteiger charge is 2.22. The molecule has 1 aromatic heterocycles. The molecule has 0 saturated heterocycles. The number of hydrogen-bond donors (Lipinski definition) is 1. The van der Waals surface area contributed by atoms with Gasteiger partial charge in [0.15, 0.2) is 0 Å². The van der Waals surface area contributed by atoms with Crippen molar-refractivity contribution in [2.24, 2.45) is 0 Å². The van der Waals surface area contributed by atoms with E-state index in [1.54, 1.807) is 13.0 Å². The van der Waals surface area contributed by atoms with Crippen LogP contribution in [-0.2, 0) is 0 Å². The third kappa shape index (κ3) is 2.35. The highest BCUT2D eigenvalue weighted by molar-refractivity contribution is 9.10. The van der Waals surface area contributed by atoms with Crippen molar-refractivity contribution in [3.8, 4) is 0 Å². The van der Waals surface area contributed by atoms with E-state index in [1.807, 2.05) is 0 Å². The third-order valence-corrected chi connectivity index (χ3v) is 4.43. The minimum atomic E-state index is -1.10. The van der Waals surface area contributed by atoms with Crippen LogP contribution in [0.15, 0.2) is 16.6 Å². The first kappa shape index (κ1) is 12.9. The lowest BCUT2D eigenvalue weighted by Gasteiger charge is -2.11. The molecule has 17 heavy (non-hydrogen) atoms. The summed E-state index contributed by atoms with van der Waals surface area (Å²) in [5.41, 5.74) is 0.702. The van der Waals surface area contributed by atoms with E-state index in [0.717, 1.165) is 11.5 Å². The summed E-state index contributed by atoms with van der Waals surface area (Å²) in [7, 11) is 0. The van der Waals surface area contributed by atoms with Gasteiger partial charge < -0.3 is 5.11 Å². The van der Waals surface area contributed by atoms with Crippen LogP contribution in [-0.4, -0.2) is 14.7 Å². The van der Waals surface area contributed by atoms with Crippen molar-refractivity contribution in [1.82, 2.24) is 9.59 Å². The fourth-order valence-corrected chi connectivity index (χ4v) is 2.51. The molecule has 0 radical (unpaired) electrons. The van der Waals surface area contributed by atoms with Crippen LogP contribution in [0, 0.1) is 12.7 Å². The van der Waals surface area contributed by atoms with Gasteiger partial charge in [0.25, 0.3) is 0 Å². The van der Waals surface area contributed by atoms with Crippen molar-refractivity contribution in [1.29, 1.82) is 0 Å². The maximum Gasteiger partial charge on any atom is 0.149 e. The van der Waals surface area contributed by atoms with Crippen molar-refractivity contribution in [3.63, 3.8) is 0 Å². The molecule has 1 unspecified atom stereocenters. The molecule has 0 saturated carbocycles. The first-order valence-corrected chi connectivity index (χ1v) is 6.57. The summed E-state index contributed by atoms with van der Waals surface area (Å²) >= 11 is 9.92. The van der Waals surface area contributed by atoms with E-state index in [-0.39, 0.29) is 10.6 Å². The highest BCUT2D eigenvalue weighted by Crippen LogP contribution is 2.34. The second kappa shape index (κ2) is 4.97. The number of aliphatic hydroxyl groups is 1. The largest absolute Gasteiger partial charge is 0.383 e. The lowest BCUT2D eigenvalue weighted by atomic mass is 10.1. The highest BCUT2D eigenvalue weighted by atomic mass is 79.9. The maximum absolute atomic E-state index is 13.9. The summed E-state index contributed by atoms with van der Waals surface area (Å²) in [6, 6.07) is 3.07. The average Bonchev–Trinajstić information content (AvgIpc) is 2.72. The van der Waals surface area contributed by atoms with Gasteiger partial charge in [-0.15, -0.1) is 5.10 Å². The van der Waals surface area contributed by atoms with Crippen molar-refractivity contribution in [2.75, 3.05) is 0 Å². The maximum atomic E-state index is 13.9. The molecule has 3 nitrogen and oxygen atoms in total. The van der Waals surface area contributed by atoms with Crippen LogP contribution >= 0.6 is 39.1 Å². The Bertz CT molecular complexity index is 563. The summed E-state index contributed by atoms with van der Waals surface area (Å²) in [5.74, 6) is -0.638. The molecule has 0 aliphatic heterocycles. The molecule has 2 rings (SSSR count). The molecule has 0 spiro atoms. The summed E-state index contributed by atoms with van der Waals surface area (Å²) < 4.78 is 18.0. The summed E-state index contributed by atoms with van der Waals surface area (Å²) in [4.78, 5) is 0.516. The van der Waals surface area contributed by atoms with Crippen LogP contribution in [0.4, 0.5) is 4.39 Å². The zero-order valence-corrected chi connectivity index (χ0v) is 11.8. The Kier molecular flexibility index (Phi) is 3.77. The predicted octanol–water partition coefficient (Wildman–Crippen LogP) is 3.48. The molecule has 0 aliphatic rings. The summed E-state index contributed by atoms with van der Waals surface area (Å²) in [6.07, 6.45) is -1.10. The Morgan fingerprint density at radius 3 is 2.82 bits per heavy atom. The van der Waals surface area contributed by atoms with E-state index in [4.69, 9.17) is 11.6 Å². The van der Waals surface area contributed by atoms with Crippen molar-refractivity contribution in [2.45, 2.75) is 13.0 Å². The van der Waals surface area contributed by atoms with Gasteiger partial charge in [-0.3, -0.25) is 0 Å². The van der Waals surface area contributed by atoms with E-state index in [0.29, 0.717) is 15.0 Å². The summed E-state index contributed by atoms with van der Waals surface area (Å²) in [5, 5.41) is 13.8. The number of nitrogens with zero attached hydrogens (tertiary/aromatic N) is 2. The van der Waals surface area contributed by atoms with Crippen LogP contribution < -0.4 is 0 Å². The Morgan fingerprint density at radius 1 is 1.53 bits per heavy atom. The molecule has 7 heteroatoms. The first-order chi connectivity index (χ1) is 8.02. The van der Waals surface area contributed by atoms with Gasteiger partial charge in [0.05, 0.1) is 15.6 Å². The molecule has 0 bridgehead atoms. The topological polar surface area (TPSA) is 46.0 Å². The smallest absolute Gasteiger partial charge is 0.149 e. The SMILES string of the molecule is Cc1nnsc1C(O)c1ccc(Br)c(Cl)c1F. The van der Waals surface area contributed by atoms with Crippen molar-refractivity contribution >= 4 is 39.1 Å². The first-order valence-electron chi connectivity index (χ1n) is 4.62. The Balaban J connectivity index is 2.48. The Morgan fingerprint density at radius 2 is 2.24 bits per heavy atom. The molecule has 1 atom stereocenters. The molecule has 0 fully saturated rings. The molecule has 1 aromatic carbocycles. The minimum absolute atomic E-state index is 0.0447. The fourth-order valence-electron chi connectivity index (χ4n) is 1.38. The predicted molar refractivity (Wildman–Crippen MR) is 67.8 cm³/mol. The van der Waals surface area contributed by atoms with Crippen LogP contribution in [0.2, 0.25) is 5.02 Å². The number of aromatic nitrogens is 2. The Labute approximate surface area is 115 Å².